The number of hydrogen-bond acceptors (Lipinski definition) is 4. The van der Waals surface area contributed by atoms with Crippen LogP contribution in [0.15, 0.2) is 30.5 Å². The van der Waals surface area contributed by atoms with Crippen molar-refractivity contribution in [2.45, 2.75) is 0 Å². The fourth-order valence-electron chi connectivity index (χ4n) is 1.17. The number of ether oxygens (including phenoxy) is 1. The molecule has 0 atom stereocenters. The summed E-state index contributed by atoms with van der Waals surface area (Å²) in [5, 5.41) is 8.36. The lowest BCUT2D eigenvalue weighted by molar-refractivity contribution is 0.398. The van der Waals surface area contributed by atoms with Gasteiger partial charge >= 0.3 is 0 Å². The number of para-hydroxylation sites is 1. The summed E-state index contributed by atoms with van der Waals surface area (Å²) < 4.78 is 4.74. The summed E-state index contributed by atoms with van der Waals surface area (Å²) in [7, 11) is 1.43. The van der Waals surface area contributed by atoms with Gasteiger partial charge in [-0.15, -0.1) is 0 Å². The molecule has 0 saturated carbocycles. The molecular formula is C10H9N3O. The van der Waals surface area contributed by atoms with Crippen molar-refractivity contribution < 1.29 is 4.74 Å². The zero-order valence-electron chi connectivity index (χ0n) is 7.69. The standard InChI is InChI=1S/C10H9N3O/c1-14-9(11)10-12-6-7-4-2-3-5-8(7)13-10/h2-6,11H,1H3. The molecule has 70 valence electrons. The Morgan fingerprint density at radius 3 is 2.93 bits per heavy atom. The second kappa shape index (κ2) is 3.41. The molecule has 0 bridgehead atoms. The van der Waals surface area contributed by atoms with Gasteiger partial charge in [0, 0.05) is 11.6 Å². The highest BCUT2D eigenvalue weighted by Gasteiger charge is 2.04. The van der Waals surface area contributed by atoms with Crippen LogP contribution < -0.4 is 0 Å². The molecule has 0 aliphatic rings. The zero-order chi connectivity index (χ0) is 9.97. The lowest BCUT2D eigenvalue weighted by Gasteiger charge is -2.01. The van der Waals surface area contributed by atoms with Gasteiger partial charge in [0.25, 0.3) is 5.90 Å². The minimum atomic E-state index is -0.0178. The predicted molar refractivity (Wildman–Crippen MR) is 53.4 cm³/mol. The number of benzene rings is 1. The Balaban J connectivity index is 2.56. The molecule has 4 nitrogen and oxygen atoms in total. The number of nitrogens with zero attached hydrogens (tertiary/aromatic N) is 2. The van der Waals surface area contributed by atoms with Crippen LogP contribution >= 0.6 is 0 Å². The van der Waals surface area contributed by atoms with Crippen molar-refractivity contribution in [3.8, 4) is 0 Å². The maximum atomic E-state index is 7.41. The molecule has 1 aromatic carbocycles. The first-order valence-corrected chi connectivity index (χ1v) is 4.16. The lowest BCUT2D eigenvalue weighted by atomic mass is 10.2. The molecule has 0 unspecified atom stereocenters. The van der Waals surface area contributed by atoms with Gasteiger partial charge in [-0.1, -0.05) is 18.2 Å². The quantitative estimate of drug-likeness (QED) is 0.545. The van der Waals surface area contributed by atoms with Crippen molar-refractivity contribution in [2.24, 2.45) is 0 Å². The van der Waals surface area contributed by atoms with E-state index in [1.165, 1.54) is 7.11 Å². The second-order valence-corrected chi connectivity index (χ2v) is 2.79. The predicted octanol–water partition coefficient (Wildman–Crippen LogP) is 1.60. The molecule has 0 saturated heterocycles. The molecule has 2 rings (SSSR count). The van der Waals surface area contributed by atoms with Crippen molar-refractivity contribution in [3.63, 3.8) is 0 Å². The minimum Gasteiger partial charge on any atom is -0.479 e. The van der Waals surface area contributed by atoms with E-state index in [0.717, 1.165) is 10.9 Å². The molecule has 1 aromatic heterocycles. The molecule has 0 fully saturated rings. The fraction of sp³-hybridized carbons (Fsp3) is 0.100. The summed E-state index contributed by atoms with van der Waals surface area (Å²) in [5.74, 6) is 0.293. The maximum Gasteiger partial charge on any atom is 0.252 e. The van der Waals surface area contributed by atoms with Gasteiger partial charge in [-0.05, 0) is 6.07 Å². The van der Waals surface area contributed by atoms with Crippen LogP contribution in [0.25, 0.3) is 10.9 Å². The molecule has 0 aliphatic heterocycles. The van der Waals surface area contributed by atoms with Crippen molar-refractivity contribution in [1.29, 1.82) is 5.41 Å². The summed E-state index contributed by atoms with van der Waals surface area (Å²) in [6, 6.07) is 7.63. The van der Waals surface area contributed by atoms with Gasteiger partial charge in [0.1, 0.15) is 0 Å². The molecular weight excluding hydrogens is 178 g/mol. The van der Waals surface area contributed by atoms with E-state index in [0.29, 0.717) is 5.82 Å². The number of nitrogens with one attached hydrogen (secondary N) is 1. The van der Waals surface area contributed by atoms with Gasteiger partial charge in [0.2, 0.25) is 5.82 Å². The fourth-order valence-corrected chi connectivity index (χ4v) is 1.17. The topological polar surface area (TPSA) is 58.9 Å². The van der Waals surface area contributed by atoms with E-state index in [-0.39, 0.29) is 5.90 Å². The van der Waals surface area contributed by atoms with Gasteiger partial charge in [-0.2, -0.15) is 0 Å². The molecule has 1 heterocycles. The van der Waals surface area contributed by atoms with E-state index in [2.05, 4.69) is 9.97 Å². The summed E-state index contributed by atoms with van der Waals surface area (Å²) in [6.45, 7) is 0. The van der Waals surface area contributed by atoms with E-state index in [1.807, 2.05) is 24.3 Å². The van der Waals surface area contributed by atoms with Gasteiger partial charge in [-0.25, -0.2) is 9.97 Å². The monoisotopic (exact) mass is 187 g/mol. The molecule has 14 heavy (non-hydrogen) atoms. The largest absolute Gasteiger partial charge is 0.479 e. The van der Waals surface area contributed by atoms with E-state index >= 15 is 0 Å². The highest BCUT2D eigenvalue weighted by Crippen LogP contribution is 2.09. The van der Waals surface area contributed by atoms with Crippen LogP contribution in [-0.2, 0) is 4.74 Å². The van der Waals surface area contributed by atoms with Crippen LogP contribution in [0.5, 0.6) is 0 Å². The van der Waals surface area contributed by atoms with Crippen molar-refractivity contribution in [1.82, 2.24) is 9.97 Å². The third kappa shape index (κ3) is 1.42. The Kier molecular flexibility index (Phi) is 2.10. The van der Waals surface area contributed by atoms with Gasteiger partial charge in [-0.3, -0.25) is 5.41 Å². The Morgan fingerprint density at radius 2 is 2.14 bits per heavy atom. The third-order valence-corrected chi connectivity index (χ3v) is 1.90. The van der Waals surface area contributed by atoms with Crippen molar-refractivity contribution in [3.05, 3.63) is 36.3 Å². The average molecular weight is 187 g/mol. The Labute approximate surface area is 81.1 Å². The van der Waals surface area contributed by atoms with E-state index in [9.17, 15) is 0 Å². The number of fused-ring (bicyclic) bond motifs is 1. The minimum absolute atomic E-state index is 0.0178. The number of hydrogen-bond donors (Lipinski definition) is 1. The molecule has 4 heteroatoms. The van der Waals surface area contributed by atoms with Crippen molar-refractivity contribution in [2.75, 3.05) is 7.11 Å². The highest BCUT2D eigenvalue weighted by molar-refractivity contribution is 5.90. The summed E-state index contributed by atoms with van der Waals surface area (Å²) in [4.78, 5) is 8.20. The van der Waals surface area contributed by atoms with E-state index < -0.39 is 0 Å². The molecule has 2 aromatic rings. The maximum absolute atomic E-state index is 7.41. The highest BCUT2D eigenvalue weighted by atomic mass is 16.5. The van der Waals surface area contributed by atoms with Crippen LogP contribution in [0, 0.1) is 5.41 Å². The summed E-state index contributed by atoms with van der Waals surface area (Å²) >= 11 is 0. The first-order chi connectivity index (χ1) is 6.81. The molecule has 0 spiro atoms. The van der Waals surface area contributed by atoms with Crippen LogP contribution in [0.4, 0.5) is 0 Å². The number of rotatable bonds is 1. The second-order valence-electron chi connectivity index (χ2n) is 2.79. The average Bonchev–Trinajstić information content (AvgIpc) is 2.27. The Hall–Kier alpha value is -1.97. The lowest BCUT2D eigenvalue weighted by Crippen LogP contribution is -2.06. The van der Waals surface area contributed by atoms with Crippen LogP contribution in [0.1, 0.15) is 5.82 Å². The SMILES string of the molecule is COC(=N)c1ncc2ccccc2n1. The molecule has 1 N–H and O–H groups in total. The van der Waals surface area contributed by atoms with Gasteiger partial charge in [0.15, 0.2) is 0 Å². The van der Waals surface area contributed by atoms with Crippen LogP contribution in [-0.4, -0.2) is 23.0 Å². The number of methoxy groups -OCH3 is 1. The van der Waals surface area contributed by atoms with Crippen molar-refractivity contribution >= 4 is 16.8 Å². The van der Waals surface area contributed by atoms with Gasteiger partial charge < -0.3 is 4.74 Å². The Morgan fingerprint density at radius 1 is 1.36 bits per heavy atom. The van der Waals surface area contributed by atoms with E-state index in [1.54, 1.807) is 6.20 Å². The molecule has 0 aliphatic carbocycles. The third-order valence-electron chi connectivity index (χ3n) is 1.90. The normalized spacial score (nSPS) is 10.1. The smallest absolute Gasteiger partial charge is 0.252 e. The number of aromatic nitrogens is 2. The molecule has 0 radical (unpaired) electrons. The molecule has 0 amide bonds. The zero-order valence-corrected chi connectivity index (χ0v) is 7.69. The summed E-state index contributed by atoms with van der Waals surface area (Å²) in [6.07, 6.45) is 1.69. The van der Waals surface area contributed by atoms with Crippen LogP contribution in [0.2, 0.25) is 0 Å². The summed E-state index contributed by atoms with van der Waals surface area (Å²) in [5.41, 5.74) is 0.819. The van der Waals surface area contributed by atoms with Gasteiger partial charge in [0.05, 0.1) is 12.6 Å². The first kappa shape index (κ1) is 8.62. The van der Waals surface area contributed by atoms with E-state index in [4.69, 9.17) is 10.1 Å². The first-order valence-electron chi connectivity index (χ1n) is 4.16. The van der Waals surface area contributed by atoms with Crippen LogP contribution in [0.3, 0.4) is 0 Å². The Bertz CT molecular complexity index is 482.